The summed E-state index contributed by atoms with van der Waals surface area (Å²) in [5.74, 6) is -8.68. The van der Waals surface area contributed by atoms with E-state index < -0.39 is 34.7 Å². The van der Waals surface area contributed by atoms with Crippen LogP contribution in [-0.4, -0.2) is 10.5 Å². The highest BCUT2D eigenvalue weighted by molar-refractivity contribution is 6.04. The average molecular weight is 328 g/mol. The predicted molar refractivity (Wildman–Crippen MR) is 75.2 cm³/mol. The molecule has 0 aliphatic rings. The van der Waals surface area contributed by atoms with Crippen LogP contribution in [0.4, 0.5) is 23.2 Å². The van der Waals surface area contributed by atoms with Gasteiger partial charge in [0.05, 0.1) is 11.3 Å². The van der Waals surface area contributed by atoms with Crippen LogP contribution in [0.3, 0.4) is 0 Å². The van der Waals surface area contributed by atoms with E-state index in [9.17, 15) is 27.2 Å². The Hall–Kier alpha value is -2.64. The Balaban J connectivity index is 2.33. The monoisotopic (exact) mass is 328 g/mol. The van der Waals surface area contributed by atoms with Crippen LogP contribution in [0, 0.1) is 23.3 Å². The van der Waals surface area contributed by atoms with Gasteiger partial charge in [-0.25, -0.2) is 17.6 Å². The minimum atomic E-state index is -2.06. The molecule has 1 N–H and O–H groups in total. The van der Waals surface area contributed by atoms with Crippen molar-refractivity contribution in [2.75, 3.05) is 5.32 Å². The zero-order valence-corrected chi connectivity index (χ0v) is 12.0. The summed E-state index contributed by atoms with van der Waals surface area (Å²) in [6, 6.07) is 2.72. The highest BCUT2D eigenvalue weighted by Gasteiger charge is 2.23. The topological polar surface area (TPSA) is 51.1 Å². The number of rotatable bonds is 4. The van der Waals surface area contributed by atoms with Gasteiger partial charge in [-0.1, -0.05) is 6.92 Å². The third-order valence-electron chi connectivity index (χ3n) is 3.05. The van der Waals surface area contributed by atoms with Gasteiger partial charge in [0.1, 0.15) is 0 Å². The number of anilines is 1. The first kappa shape index (κ1) is 16.7. The number of aromatic nitrogens is 1. The van der Waals surface area contributed by atoms with Gasteiger partial charge in [-0.15, -0.1) is 0 Å². The lowest BCUT2D eigenvalue weighted by Crippen LogP contribution is -2.21. The molecule has 1 amide bonds. The fourth-order valence-electron chi connectivity index (χ4n) is 1.96. The Bertz CT molecular complexity index is 818. The van der Waals surface area contributed by atoms with Crippen molar-refractivity contribution >= 4 is 11.6 Å². The number of benzene rings is 1. The van der Waals surface area contributed by atoms with Crippen LogP contribution in [0.25, 0.3) is 0 Å². The second-order valence-corrected chi connectivity index (χ2v) is 4.75. The van der Waals surface area contributed by atoms with Gasteiger partial charge in [-0.2, -0.15) is 0 Å². The van der Waals surface area contributed by atoms with Crippen molar-refractivity contribution < 1.29 is 22.4 Å². The molecule has 2 rings (SSSR count). The van der Waals surface area contributed by atoms with Crippen molar-refractivity contribution in [1.29, 1.82) is 0 Å². The lowest BCUT2D eigenvalue weighted by molar-refractivity contribution is 0.102. The largest absolute Gasteiger partial charge is 0.321 e. The predicted octanol–water partition coefficient (Wildman–Crippen LogP) is 3.07. The van der Waals surface area contributed by atoms with Crippen LogP contribution in [-0.2, 0) is 6.54 Å². The highest BCUT2D eigenvalue weighted by Crippen LogP contribution is 2.19. The first-order valence-electron chi connectivity index (χ1n) is 6.70. The van der Waals surface area contributed by atoms with Crippen molar-refractivity contribution in [1.82, 2.24) is 4.57 Å². The Kier molecular flexibility index (Phi) is 4.83. The van der Waals surface area contributed by atoms with Gasteiger partial charge >= 0.3 is 0 Å². The van der Waals surface area contributed by atoms with Gasteiger partial charge in [-0.3, -0.25) is 9.59 Å². The molecule has 0 saturated carbocycles. The summed E-state index contributed by atoms with van der Waals surface area (Å²) in [6.07, 6.45) is 1.98. The molecule has 122 valence electrons. The number of hydrogen-bond acceptors (Lipinski definition) is 2. The van der Waals surface area contributed by atoms with Crippen molar-refractivity contribution in [3.63, 3.8) is 0 Å². The van der Waals surface area contributed by atoms with E-state index in [4.69, 9.17) is 0 Å². The first-order valence-corrected chi connectivity index (χ1v) is 6.70. The number of carbonyl (C=O) groups is 1. The molecule has 0 atom stereocenters. The summed E-state index contributed by atoms with van der Waals surface area (Å²) in [7, 11) is 0. The van der Waals surface area contributed by atoms with E-state index in [1.165, 1.54) is 22.9 Å². The lowest BCUT2D eigenvalue weighted by atomic mass is 10.1. The van der Waals surface area contributed by atoms with Gasteiger partial charge in [-0.05, 0) is 18.6 Å². The standard InChI is InChI=1S/C15H12F4N2O2/c1-2-5-21-7-8(3-4-11(21)22)20-15(23)9-6-10(16)13(18)14(19)12(9)17/h3-4,6-7H,2,5H2,1H3,(H,20,23). The Morgan fingerprint density at radius 3 is 2.48 bits per heavy atom. The SMILES string of the molecule is CCCn1cc(NC(=O)c2cc(F)c(F)c(F)c2F)ccc1=O. The zero-order valence-electron chi connectivity index (χ0n) is 12.0. The number of carbonyl (C=O) groups excluding carboxylic acids is 1. The Morgan fingerprint density at radius 1 is 1.13 bits per heavy atom. The van der Waals surface area contributed by atoms with Gasteiger partial charge in [0.2, 0.25) is 0 Å². The molecular formula is C15H12F4N2O2. The number of amides is 1. The highest BCUT2D eigenvalue weighted by atomic mass is 19.2. The second-order valence-electron chi connectivity index (χ2n) is 4.75. The molecule has 0 saturated heterocycles. The number of hydrogen-bond donors (Lipinski definition) is 1. The lowest BCUT2D eigenvalue weighted by Gasteiger charge is -2.10. The van der Waals surface area contributed by atoms with Crippen LogP contribution >= 0.6 is 0 Å². The minimum absolute atomic E-state index is 0.132. The summed E-state index contributed by atoms with van der Waals surface area (Å²) < 4.78 is 54.0. The van der Waals surface area contributed by atoms with E-state index >= 15 is 0 Å². The third-order valence-corrected chi connectivity index (χ3v) is 3.05. The molecule has 1 heterocycles. The van der Waals surface area contributed by atoms with Gasteiger partial charge in [0.15, 0.2) is 23.3 Å². The molecule has 0 aliphatic heterocycles. The molecule has 1 aromatic carbocycles. The maximum atomic E-state index is 13.6. The van der Waals surface area contributed by atoms with Crippen LogP contribution in [0.2, 0.25) is 0 Å². The second kappa shape index (κ2) is 6.64. The number of aryl methyl sites for hydroxylation is 1. The number of nitrogens with one attached hydrogen (secondary N) is 1. The van der Waals surface area contributed by atoms with E-state index in [0.717, 1.165) is 0 Å². The maximum absolute atomic E-state index is 13.6. The number of nitrogens with zero attached hydrogens (tertiary/aromatic N) is 1. The normalized spacial score (nSPS) is 10.7. The molecule has 0 aliphatic carbocycles. The molecule has 1 aromatic heterocycles. The van der Waals surface area contributed by atoms with E-state index in [-0.39, 0.29) is 17.3 Å². The number of halogens is 4. The van der Waals surface area contributed by atoms with Crippen molar-refractivity contribution in [3.8, 4) is 0 Å². The Labute approximate surface area is 128 Å². The third kappa shape index (κ3) is 3.41. The van der Waals surface area contributed by atoms with Gasteiger partial charge in [0, 0.05) is 18.8 Å². The van der Waals surface area contributed by atoms with Crippen molar-refractivity contribution in [3.05, 3.63) is 63.6 Å². The number of pyridine rings is 1. The van der Waals surface area contributed by atoms with Gasteiger partial charge < -0.3 is 9.88 Å². The van der Waals surface area contributed by atoms with Crippen LogP contribution in [0.1, 0.15) is 23.7 Å². The molecule has 0 bridgehead atoms. The summed E-state index contributed by atoms with van der Waals surface area (Å²) in [5.41, 5.74) is -1.14. The summed E-state index contributed by atoms with van der Waals surface area (Å²) in [4.78, 5) is 23.5. The molecule has 4 nitrogen and oxygen atoms in total. The quantitative estimate of drug-likeness (QED) is 0.533. The van der Waals surface area contributed by atoms with Crippen molar-refractivity contribution in [2.45, 2.75) is 19.9 Å². The average Bonchev–Trinajstić information content (AvgIpc) is 2.52. The minimum Gasteiger partial charge on any atom is -0.321 e. The van der Waals surface area contributed by atoms with Crippen LogP contribution in [0.5, 0.6) is 0 Å². The van der Waals surface area contributed by atoms with Gasteiger partial charge in [0.25, 0.3) is 11.5 Å². The molecule has 8 heteroatoms. The molecule has 0 radical (unpaired) electrons. The van der Waals surface area contributed by atoms with Crippen molar-refractivity contribution in [2.24, 2.45) is 0 Å². The fourth-order valence-corrected chi connectivity index (χ4v) is 1.96. The summed E-state index contributed by atoms with van der Waals surface area (Å²) >= 11 is 0. The molecule has 0 unspecified atom stereocenters. The molecule has 2 aromatic rings. The molecular weight excluding hydrogens is 316 g/mol. The zero-order chi connectivity index (χ0) is 17.1. The van der Waals surface area contributed by atoms with E-state index in [0.29, 0.717) is 13.0 Å². The maximum Gasteiger partial charge on any atom is 0.258 e. The van der Waals surface area contributed by atoms with Crippen LogP contribution < -0.4 is 10.9 Å². The summed E-state index contributed by atoms with van der Waals surface area (Å²) in [5, 5.41) is 2.20. The van der Waals surface area contributed by atoms with E-state index in [1.54, 1.807) is 0 Å². The first-order chi connectivity index (χ1) is 10.8. The summed E-state index contributed by atoms with van der Waals surface area (Å²) in [6.45, 7) is 2.24. The van der Waals surface area contributed by atoms with E-state index in [2.05, 4.69) is 5.32 Å². The molecule has 23 heavy (non-hydrogen) atoms. The fraction of sp³-hybridized carbons (Fsp3) is 0.200. The Morgan fingerprint density at radius 2 is 1.83 bits per heavy atom. The molecule has 0 fully saturated rings. The smallest absolute Gasteiger partial charge is 0.258 e. The molecule has 0 spiro atoms. The van der Waals surface area contributed by atoms with Crippen LogP contribution in [0.15, 0.2) is 29.2 Å². The van der Waals surface area contributed by atoms with E-state index in [1.807, 2.05) is 6.92 Å².